The fraction of sp³-hybridized carbons (Fsp3) is 0.526. The van der Waals surface area contributed by atoms with Crippen LogP contribution in [-0.2, 0) is 14.3 Å². The van der Waals surface area contributed by atoms with E-state index in [9.17, 15) is 18.8 Å². The lowest BCUT2D eigenvalue weighted by Gasteiger charge is -2.42. The number of amides is 3. The smallest absolute Gasteiger partial charge is 0.414 e. The summed E-state index contributed by atoms with van der Waals surface area (Å²) in [6, 6.07) is 4.66. The van der Waals surface area contributed by atoms with Gasteiger partial charge in [0.05, 0.1) is 24.5 Å². The number of carbonyl (C=O) groups is 3. The fourth-order valence-corrected chi connectivity index (χ4v) is 4.97. The molecule has 13 heteroatoms. The van der Waals surface area contributed by atoms with Crippen LogP contribution in [0.25, 0.3) is 0 Å². The molecule has 2 aliphatic heterocycles. The number of ether oxygens (including phenoxy) is 1. The molecule has 2 aliphatic rings. The van der Waals surface area contributed by atoms with Gasteiger partial charge in [-0.1, -0.05) is 47.8 Å². The van der Waals surface area contributed by atoms with Crippen molar-refractivity contribution in [1.82, 2.24) is 15.5 Å². The maximum absolute atomic E-state index is 15.0. The summed E-state index contributed by atoms with van der Waals surface area (Å²) in [6.07, 6.45) is -0.767. The maximum Gasteiger partial charge on any atom is 0.414 e. The summed E-state index contributed by atoms with van der Waals surface area (Å²) >= 11 is 10.4. The van der Waals surface area contributed by atoms with Crippen molar-refractivity contribution in [3.05, 3.63) is 24.0 Å². The van der Waals surface area contributed by atoms with E-state index >= 15 is 0 Å². The topological polar surface area (TPSA) is 94.2 Å². The molecule has 2 heterocycles. The highest BCUT2D eigenvalue weighted by Crippen LogP contribution is 2.39. The minimum absolute atomic E-state index is 0.209. The second-order valence-corrected chi connectivity index (χ2v) is 14.4. The number of alkyl halides is 3. The Kier molecular flexibility index (Phi) is 8.39. The predicted octanol–water partition coefficient (Wildman–Crippen LogP) is 2.32. The van der Waals surface area contributed by atoms with Crippen LogP contribution in [0.5, 0.6) is 0 Å². The van der Waals surface area contributed by atoms with Crippen LogP contribution in [0, 0.1) is 5.82 Å². The zero-order valence-electron chi connectivity index (χ0n) is 17.2. The highest BCUT2D eigenvalue weighted by atomic mass is 80.0. The lowest BCUT2D eigenvalue weighted by atomic mass is 10.2. The molecule has 32 heavy (non-hydrogen) atoms. The van der Waals surface area contributed by atoms with Crippen molar-refractivity contribution in [3.8, 4) is 0 Å². The van der Waals surface area contributed by atoms with Gasteiger partial charge in [0.15, 0.2) is 2.14 Å². The summed E-state index contributed by atoms with van der Waals surface area (Å²) < 4.78 is 19.5. The third-order valence-electron chi connectivity index (χ3n) is 5.25. The molecule has 3 amide bonds. The fourth-order valence-electron chi connectivity index (χ4n) is 3.71. The number of hydrogen-bond acceptors (Lipinski definition) is 6. The predicted molar refractivity (Wildman–Crippen MR) is 129 cm³/mol. The van der Waals surface area contributed by atoms with E-state index in [1.165, 1.54) is 17.9 Å². The van der Waals surface area contributed by atoms with Crippen molar-refractivity contribution in [2.45, 2.75) is 21.3 Å². The molecule has 1 aromatic rings. The van der Waals surface area contributed by atoms with Crippen LogP contribution in [0.3, 0.4) is 0 Å². The number of cyclic esters (lactones) is 1. The van der Waals surface area contributed by atoms with Crippen LogP contribution < -0.4 is 20.4 Å². The van der Waals surface area contributed by atoms with E-state index in [2.05, 4.69) is 63.3 Å². The summed E-state index contributed by atoms with van der Waals surface area (Å²) in [7, 11) is 0. The van der Waals surface area contributed by atoms with Crippen LogP contribution >= 0.6 is 47.8 Å². The molecule has 0 radical (unpaired) electrons. The molecule has 0 aromatic heterocycles. The zero-order valence-corrected chi connectivity index (χ0v) is 22.0. The molecule has 2 N–H and O–H groups in total. The van der Waals surface area contributed by atoms with Crippen molar-refractivity contribution in [3.63, 3.8) is 0 Å². The lowest BCUT2D eigenvalue weighted by molar-refractivity contribution is -0.119. The largest absolute Gasteiger partial charge is 0.442 e. The molecule has 1 unspecified atom stereocenters. The van der Waals surface area contributed by atoms with Crippen LogP contribution in [0.15, 0.2) is 18.2 Å². The van der Waals surface area contributed by atoms with Gasteiger partial charge in [0.25, 0.3) is 0 Å². The van der Waals surface area contributed by atoms with E-state index in [0.29, 0.717) is 44.0 Å². The van der Waals surface area contributed by atoms with E-state index in [0.717, 1.165) is 0 Å². The molecule has 2 fully saturated rings. The molecule has 0 spiro atoms. The summed E-state index contributed by atoms with van der Waals surface area (Å²) in [5, 5.41) is 5.37. The molecule has 3 rings (SSSR count). The highest BCUT2D eigenvalue weighted by molar-refractivity contribution is 9.39. The quantitative estimate of drug-likeness (QED) is 0.350. The zero-order chi connectivity index (χ0) is 23.5. The Morgan fingerprint density at radius 2 is 2.00 bits per heavy atom. The average Bonchev–Trinajstić information content (AvgIpc) is 3.10. The van der Waals surface area contributed by atoms with E-state index in [1.54, 1.807) is 12.1 Å². The first kappa shape index (κ1) is 25.2. The second-order valence-electron chi connectivity index (χ2n) is 7.44. The molecule has 0 aliphatic carbocycles. The van der Waals surface area contributed by atoms with Crippen LogP contribution in [0.2, 0.25) is 0 Å². The SMILES string of the molecule is CC(=O)NC[C@H]1CN(c2ccc(N3CCN(C(NC=O)C(Br)(Br)Br)CC3)c(F)c2)C(=O)O1. The summed E-state index contributed by atoms with van der Waals surface area (Å²) in [5.41, 5.74) is 0.844. The number of piperazine rings is 1. The van der Waals surface area contributed by atoms with Crippen molar-refractivity contribution < 1.29 is 23.5 Å². The molecule has 9 nitrogen and oxygen atoms in total. The van der Waals surface area contributed by atoms with E-state index < -0.39 is 20.2 Å². The van der Waals surface area contributed by atoms with Gasteiger partial charge < -0.3 is 20.3 Å². The average molecular weight is 644 g/mol. The third kappa shape index (κ3) is 6.12. The Morgan fingerprint density at radius 1 is 1.31 bits per heavy atom. The first-order valence-electron chi connectivity index (χ1n) is 9.87. The van der Waals surface area contributed by atoms with Gasteiger partial charge in [-0.2, -0.15) is 0 Å². The first-order valence-corrected chi connectivity index (χ1v) is 12.3. The van der Waals surface area contributed by atoms with Crippen LogP contribution in [0.1, 0.15) is 6.92 Å². The van der Waals surface area contributed by atoms with E-state index in [4.69, 9.17) is 4.74 Å². The molecule has 1 aromatic carbocycles. The van der Waals surface area contributed by atoms with Crippen molar-refractivity contribution in [2.75, 3.05) is 49.1 Å². The molecule has 0 saturated carbocycles. The standard InChI is InChI=1S/C19H23Br3FN5O4/c1-12(30)24-9-14-10-28(18(31)32-14)13-2-3-16(15(23)8-13)26-4-6-27(7-5-26)17(25-11-29)19(20,21)22/h2-3,8,11,14,17H,4-7,9-10H2,1H3,(H,24,30)(H,25,29)/t14-,17?/m0/s1. The highest BCUT2D eigenvalue weighted by Gasteiger charge is 2.37. The number of nitrogens with zero attached hydrogens (tertiary/aromatic N) is 3. The normalized spacial score (nSPS) is 20.7. The molecule has 2 saturated heterocycles. The Bertz CT molecular complexity index is 864. The van der Waals surface area contributed by atoms with Gasteiger partial charge in [-0.05, 0) is 18.2 Å². The van der Waals surface area contributed by atoms with Crippen molar-refractivity contribution >= 4 is 77.6 Å². The summed E-state index contributed by atoms with van der Waals surface area (Å²) in [4.78, 5) is 39.5. The first-order chi connectivity index (χ1) is 15.1. The lowest BCUT2D eigenvalue weighted by Crippen LogP contribution is -2.59. The van der Waals surface area contributed by atoms with Crippen LogP contribution in [-0.4, -0.2) is 77.0 Å². The minimum atomic E-state index is -0.689. The van der Waals surface area contributed by atoms with Gasteiger partial charge in [-0.25, -0.2) is 9.18 Å². The van der Waals surface area contributed by atoms with Gasteiger partial charge >= 0.3 is 6.09 Å². The molecule has 2 atom stereocenters. The van der Waals surface area contributed by atoms with Crippen molar-refractivity contribution in [2.24, 2.45) is 0 Å². The molecular weight excluding hydrogens is 621 g/mol. The molecule has 0 bridgehead atoms. The molecule has 176 valence electrons. The molecular formula is C19H23Br3FN5O4. The summed E-state index contributed by atoms with van der Waals surface area (Å²) in [6.45, 7) is 4.14. The Hall–Kier alpha value is -1.44. The van der Waals surface area contributed by atoms with E-state index in [-0.39, 0.29) is 25.2 Å². The number of halogens is 4. The van der Waals surface area contributed by atoms with E-state index in [1.807, 2.05) is 4.90 Å². The second kappa shape index (κ2) is 10.7. The van der Waals surface area contributed by atoms with Crippen LogP contribution in [0.4, 0.5) is 20.6 Å². The van der Waals surface area contributed by atoms with Gasteiger partial charge in [-0.15, -0.1) is 0 Å². The summed E-state index contributed by atoms with van der Waals surface area (Å²) in [5.74, 6) is -0.648. The Morgan fingerprint density at radius 3 is 2.56 bits per heavy atom. The van der Waals surface area contributed by atoms with Gasteiger partial charge in [-0.3, -0.25) is 19.4 Å². The van der Waals surface area contributed by atoms with Gasteiger partial charge in [0, 0.05) is 33.1 Å². The van der Waals surface area contributed by atoms with Gasteiger partial charge in [0.2, 0.25) is 12.3 Å². The number of hydrogen-bond donors (Lipinski definition) is 2. The third-order valence-corrected chi connectivity index (χ3v) is 6.55. The number of anilines is 2. The number of rotatable bonds is 7. The Labute approximate surface area is 210 Å². The monoisotopic (exact) mass is 641 g/mol. The Balaban J connectivity index is 1.63. The minimum Gasteiger partial charge on any atom is -0.442 e. The van der Waals surface area contributed by atoms with Crippen molar-refractivity contribution in [1.29, 1.82) is 0 Å². The number of benzene rings is 1. The van der Waals surface area contributed by atoms with Gasteiger partial charge in [0.1, 0.15) is 18.1 Å². The number of nitrogens with one attached hydrogen (secondary N) is 2. The number of carbonyl (C=O) groups excluding carboxylic acids is 3. The maximum atomic E-state index is 15.0.